The first-order valence-electron chi connectivity index (χ1n) is 10.7. The normalized spacial score (nSPS) is 13.8. The number of aromatic carboxylic acids is 1. The molecule has 5 rings (SSSR count). The number of aryl methyl sites for hydroxylation is 1. The largest absolute Gasteiger partial charge is 0.482 e. The van der Waals surface area contributed by atoms with Crippen molar-refractivity contribution < 1.29 is 23.4 Å². The van der Waals surface area contributed by atoms with E-state index in [0.29, 0.717) is 35.3 Å². The average Bonchev–Trinajstić information content (AvgIpc) is 3.48. The van der Waals surface area contributed by atoms with E-state index in [0.717, 1.165) is 45.9 Å². The average molecular weight is 488 g/mol. The van der Waals surface area contributed by atoms with E-state index in [2.05, 4.69) is 4.98 Å². The summed E-state index contributed by atoms with van der Waals surface area (Å²) in [4.78, 5) is 20.9. The van der Waals surface area contributed by atoms with Crippen LogP contribution < -0.4 is 9.04 Å². The van der Waals surface area contributed by atoms with Crippen LogP contribution in [0.1, 0.15) is 28.9 Å². The second kappa shape index (κ2) is 8.46. The molecule has 8 nitrogen and oxygen atoms in total. The van der Waals surface area contributed by atoms with Crippen LogP contribution in [-0.2, 0) is 6.54 Å². The Bertz CT molecular complexity index is 1410. The number of aromatic nitrogens is 4. The summed E-state index contributed by atoms with van der Waals surface area (Å²) >= 11 is 0.922. The molecule has 0 aromatic carbocycles. The second-order valence-electron chi connectivity index (χ2n) is 8.28. The Kier molecular flexibility index (Phi) is 5.59. The van der Waals surface area contributed by atoms with Crippen LogP contribution in [0.5, 0.6) is 5.88 Å². The monoisotopic (exact) mass is 487 g/mol. The van der Waals surface area contributed by atoms with Gasteiger partial charge in [-0.1, -0.05) is 0 Å². The molecule has 0 aliphatic heterocycles. The zero-order valence-electron chi connectivity index (χ0n) is 18.8. The van der Waals surface area contributed by atoms with Gasteiger partial charge in [0.25, 0.3) is 0 Å². The van der Waals surface area contributed by atoms with Crippen molar-refractivity contribution in [2.75, 3.05) is 17.7 Å². The number of ether oxygens (including phenoxy) is 1. The highest BCUT2D eigenvalue weighted by Crippen LogP contribution is 2.38. The number of pyridine rings is 2. The van der Waals surface area contributed by atoms with Crippen molar-refractivity contribution in [2.45, 2.75) is 32.9 Å². The zero-order chi connectivity index (χ0) is 24.1. The number of nitrogens with zero attached hydrogens (tertiary/aromatic N) is 5. The summed E-state index contributed by atoms with van der Waals surface area (Å²) in [6.07, 6.45) is 3.80. The van der Waals surface area contributed by atoms with Crippen LogP contribution >= 0.6 is 11.9 Å². The van der Waals surface area contributed by atoms with E-state index >= 15 is 0 Å². The number of anilines is 1. The van der Waals surface area contributed by atoms with Gasteiger partial charge in [-0.25, -0.2) is 19.1 Å². The van der Waals surface area contributed by atoms with Gasteiger partial charge in [0.05, 0.1) is 24.1 Å². The van der Waals surface area contributed by atoms with Crippen LogP contribution in [0.25, 0.3) is 28.1 Å². The van der Waals surface area contributed by atoms with Crippen molar-refractivity contribution >= 4 is 40.4 Å². The Hall–Kier alpha value is -3.34. The molecule has 1 saturated carbocycles. The third kappa shape index (κ3) is 3.73. The first kappa shape index (κ1) is 22.5. The third-order valence-electron chi connectivity index (χ3n) is 6.08. The SMILES string of the molecule is COc1cc(C(=O)O)cc2nc(-c3cc4ccc(N(SC)C(F)F)nc4n3CC3CC3)c(C)n12. The predicted octanol–water partition coefficient (Wildman–Crippen LogP) is 5.08. The Labute approximate surface area is 198 Å². The lowest BCUT2D eigenvalue weighted by Crippen LogP contribution is -2.21. The lowest BCUT2D eigenvalue weighted by molar-refractivity contribution is 0.0696. The molecule has 0 spiro atoms. The van der Waals surface area contributed by atoms with Gasteiger partial charge in [0.2, 0.25) is 0 Å². The topological polar surface area (TPSA) is 84.9 Å². The van der Waals surface area contributed by atoms with Gasteiger partial charge < -0.3 is 14.4 Å². The summed E-state index contributed by atoms with van der Waals surface area (Å²) in [6.45, 7) is -0.0841. The first-order valence-corrected chi connectivity index (χ1v) is 11.9. The fourth-order valence-electron chi connectivity index (χ4n) is 4.25. The van der Waals surface area contributed by atoms with E-state index in [4.69, 9.17) is 9.72 Å². The van der Waals surface area contributed by atoms with Crippen LogP contribution in [0.4, 0.5) is 14.6 Å². The Morgan fingerprint density at radius 1 is 1.29 bits per heavy atom. The molecule has 0 saturated heterocycles. The van der Waals surface area contributed by atoms with Crippen LogP contribution in [0, 0.1) is 12.8 Å². The number of halogens is 2. The molecule has 4 aromatic heterocycles. The van der Waals surface area contributed by atoms with Gasteiger partial charge in [0.1, 0.15) is 22.8 Å². The fraction of sp³-hybridized carbons (Fsp3) is 0.348. The minimum atomic E-state index is -2.68. The highest BCUT2D eigenvalue weighted by atomic mass is 32.2. The van der Waals surface area contributed by atoms with Crippen molar-refractivity contribution in [2.24, 2.45) is 5.92 Å². The van der Waals surface area contributed by atoms with E-state index in [1.807, 2.05) is 17.6 Å². The maximum absolute atomic E-state index is 13.5. The molecule has 11 heteroatoms. The molecule has 4 heterocycles. The smallest absolute Gasteiger partial charge is 0.336 e. The summed E-state index contributed by atoms with van der Waals surface area (Å²) in [5, 5.41) is 10.3. The minimum absolute atomic E-state index is 0.0786. The Morgan fingerprint density at radius 2 is 2.06 bits per heavy atom. The quantitative estimate of drug-likeness (QED) is 0.274. The molecule has 178 valence electrons. The van der Waals surface area contributed by atoms with Gasteiger partial charge >= 0.3 is 12.5 Å². The molecule has 1 aliphatic carbocycles. The molecular weight excluding hydrogens is 464 g/mol. The fourth-order valence-corrected chi connectivity index (χ4v) is 4.69. The third-order valence-corrected chi connectivity index (χ3v) is 6.82. The standard InChI is InChI=1S/C23H23F2N5O3S/c1-12-20(26-18-9-15(22(31)32)10-19(33-2)29(12)18)16-8-14-6-7-17(30(34-3)23(24)25)27-21(14)28(16)11-13-4-5-13/h6-10,13,23H,4-5,11H2,1-3H3,(H,31,32). The van der Waals surface area contributed by atoms with Gasteiger partial charge in [-0.05, 0) is 61.9 Å². The summed E-state index contributed by atoms with van der Waals surface area (Å²) < 4.78 is 37.1. The molecule has 0 unspecified atom stereocenters. The number of carboxylic acid groups (broad SMARTS) is 1. The number of hydrogen-bond acceptors (Lipinski definition) is 6. The van der Waals surface area contributed by atoms with Crippen molar-refractivity contribution in [1.82, 2.24) is 18.9 Å². The lowest BCUT2D eigenvalue weighted by Gasteiger charge is -2.19. The number of carboxylic acids is 1. The molecule has 1 fully saturated rings. The van der Waals surface area contributed by atoms with E-state index in [1.54, 1.807) is 22.8 Å². The first-order chi connectivity index (χ1) is 16.3. The van der Waals surface area contributed by atoms with Crippen molar-refractivity contribution in [3.63, 3.8) is 0 Å². The summed E-state index contributed by atoms with van der Waals surface area (Å²) in [6, 6.07) is 8.31. The number of alkyl halides is 2. The van der Waals surface area contributed by atoms with Gasteiger partial charge in [-0.15, -0.1) is 0 Å². The molecule has 4 aromatic rings. The highest BCUT2D eigenvalue weighted by molar-refractivity contribution is 7.99. The van der Waals surface area contributed by atoms with Crippen molar-refractivity contribution in [3.8, 4) is 17.3 Å². The Morgan fingerprint density at radius 3 is 2.68 bits per heavy atom. The van der Waals surface area contributed by atoms with E-state index in [-0.39, 0.29) is 11.4 Å². The highest BCUT2D eigenvalue weighted by Gasteiger charge is 2.27. The number of fused-ring (bicyclic) bond motifs is 2. The summed E-state index contributed by atoms with van der Waals surface area (Å²) in [7, 11) is 1.48. The molecule has 1 aliphatic rings. The number of rotatable bonds is 8. The van der Waals surface area contributed by atoms with Gasteiger partial charge in [0.15, 0.2) is 5.88 Å². The lowest BCUT2D eigenvalue weighted by atomic mass is 10.2. The molecule has 1 N–H and O–H groups in total. The molecule has 34 heavy (non-hydrogen) atoms. The maximum atomic E-state index is 13.5. The number of imidazole rings is 1. The predicted molar refractivity (Wildman–Crippen MR) is 127 cm³/mol. The second-order valence-corrected chi connectivity index (χ2v) is 9.04. The summed E-state index contributed by atoms with van der Waals surface area (Å²) in [5.74, 6) is -0.0165. The molecule has 0 atom stereocenters. The van der Waals surface area contributed by atoms with Gasteiger partial charge in [-0.3, -0.25) is 4.40 Å². The molecule has 0 amide bonds. The summed E-state index contributed by atoms with van der Waals surface area (Å²) in [5.41, 5.74) is 3.40. The molecule has 0 radical (unpaired) electrons. The van der Waals surface area contributed by atoms with Gasteiger partial charge in [0, 0.05) is 24.3 Å². The number of carbonyl (C=O) groups is 1. The maximum Gasteiger partial charge on any atom is 0.336 e. The van der Waals surface area contributed by atoms with Crippen LogP contribution in [0.15, 0.2) is 30.3 Å². The van der Waals surface area contributed by atoms with E-state index < -0.39 is 12.5 Å². The number of methoxy groups -OCH3 is 1. The zero-order valence-corrected chi connectivity index (χ0v) is 19.6. The van der Waals surface area contributed by atoms with Crippen LogP contribution in [-0.4, -0.2) is 49.9 Å². The van der Waals surface area contributed by atoms with Crippen molar-refractivity contribution in [1.29, 1.82) is 0 Å². The van der Waals surface area contributed by atoms with Crippen LogP contribution in [0.3, 0.4) is 0 Å². The molecule has 0 bridgehead atoms. The van der Waals surface area contributed by atoms with E-state index in [9.17, 15) is 18.7 Å². The number of hydrogen-bond donors (Lipinski definition) is 1. The van der Waals surface area contributed by atoms with Crippen LogP contribution in [0.2, 0.25) is 0 Å². The Balaban J connectivity index is 1.73. The van der Waals surface area contributed by atoms with E-state index in [1.165, 1.54) is 19.2 Å². The molecular formula is C23H23F2N5O3S. The minimum Gasteiger partial charge on any atom is -0.482 e. The van der Waals surface area contributed by atoms with Crippen molar-refractivity contribution in [3.05, 3.63) is 41.6 Å². The van der Waals surface area contributed by atoms with Gasteiger partial charge in [-0.2, -0.15) is 8.78 Å².